The van der Waals surface area contributed by atoms with Gasteiger partial charge in [-0.3, -0.25) is 4.79 Å². The number of rotatable bonds is 3. The van der Waals surface area contributed by atoms with Gasteiger partial charge in [0.25, 0.3) is 5.91 Å². The first-order chi connectivity index (χ1) is 9.47. The lowest BCUT2D eigenvalue weighted by molar-refractivity contribution is 0.0845. The van der Waals surface area contributed by atoms with E-state index in [1.807, 2.05) is 0 Å². The van der Waals surface area contributed by atoms with E-state index in [4.69, 9.17) is 5.73 Å². The molecule has 2 rings (SSSR count). The van der Waals surface area contributed by atoms with Gasteiger partial charge in [0.1, 0.15) is 17.2 Å². The van der Waals surface area contributed by atoms with Gasteiger partial charge < -0.3 is 11.1 Å². The highest BCUT2D eigenvalue weighted by Gasteiger charge is 2.36. The molecule has 1 aliphatic rings. The molecular weight excluding hydrogens is 262 g/mol. The van der Waals surface area contributed by atoms with E-state index >= 15 is 0 Å². The summed E-state index contributed by atoms with van der Waals surface area (Å²) >= 11 is 0. The first kappa shape index (κ1) is 14.9. The van der Waals surface area contributed by atoms with E-state index in [2.05, 4.69) is 12.2 Å². The van der Waals surface area contributed by atoms with Crippen LogP contribution in [0.4, 0.5) is 8.78 Å². The van der Waals surface area contributed by atoms with Crippen molar-refractivity contribution in [1.82, 2.24) is 5.32 Å². The van der Waals surface area contributed by atoms with Gasteiger partial charge in [0.05, 0.1) is 5.54 Å². The highest BCUT2D eigenvalue weighted by molar-refractivity contribution is 5.95. The molecule has 0 saturated heterocycles. The predicted octanol–water partition coefficient (Wildman–Crippen LogP) is 2.60. The number of carbonyl (C=O) groups excluding carboxylic acids is 1. The minimum Gasteiger partial charge on any atom is -0.345 e. The number of carbonyl (C=O) groups is 1. The Kier molecular flexibility index (Phi) is 4.38. The van der Waals surface area contributed by atoms with E-state index < -0.39 is 28.6 Å². The van der Waals surface area contributed by atoms with Gasteiger partial charge in [0.2, 0.25) is 0 Å². The molecule has 20 heavy (non-hydrogen) atoms. The monoisotopic (exact) mass is 282 g/mol. The minimum atomic E-state index is -0.849. The maximum atomic E-state index is 13.6. The highest BCUT2D eigenvalue weighted by Crippen LogP contribution is 2.32. The molecule has 0 heterocycles. The summed E-state index contributed by atoms with van der Waals surface area (Å²) in [4.78, 5) is 12.2. The van der Waals surface area contributed by atoms with Gasteiger partial charge >= 0.3 is 0 Å². The third-order valence-electron chi connectivity index (χ3n) is 4.05. The molecule has 2 unspecified atom stereocenters. The van der Waals surface area contributed by atoms with Crippen LogP contribution in [0.1, 0.15) is 43.0 Å². The Balaban J connectivity index is 2.21. The van der Waals surface area contributed by atoms with Crippen molar-refractivity contribution in [2.75, 3.05) is 6.54 Å². The molecule has 3 N–H and O–H groups in total. The number of hydrogen-bond donors (Lipinski definition) is 2. The van der Waals surface area contributed by atoms with E-state index in [-0.39, 0.29) is 6.54 Å². The Morgan fingerprint density at radius 2 is 2.10 bits per heavy atom. The highest BCUT2D eigenvalue weighted by atomic mass is 19.1. The summed E-state index contributed by atoms with van der Waals surface area (Å²) in [5.41, 5.74) is 4.72. The zero-order valence-corrected chi connectivity index (χ0v) is 11.6. The standard InChI is InChI=1S/C15H20F2N2O/c1-10-4-3-7-15(8-10,9-18)19-14(20)13-11(16)5-2-6-12(13)17/h2,5-6,10H,3-4,7-9,18H2,1H3,(H,19,20). The lowest BCUT2D eigenvalue weighted by atomic mass is 9.76. The first-order valence-electron chi connectivity index (χ1n) is 6.94. The lowest BCUT2D eigenvalue weighted by Crippen LogP contribution is -2.56. The smallest absolute Gasteiger partial charge is 0.257 e. The van der Waals surface area contributed by atoms with Crippen LogP contribution in [0.3, 0.4) is 0 Å². The number of nitrogens with one attached hydrogen (secondary N) is 1. The molecule has 1 aliphatic carbocycles. The van der Waals surface area contributed by atoms with Crippen molar-refractivity contribution in [3.05, 3.63) is 35.4 Å². The summed E-state index contributed by atoms with van der Waals surface area (Å²) in [6.45, 7) is 2.37. The molecule has 1 saturated carbocycles. The SMILES string of the molecule is CC1CCCC(CN)(NC(=O)c2c(F)cccc2F)C1. The first-order valence-corrected chi connectivity index (χ1v) is 6.94. The summed E-state index contributed by atoms with van der Waals surface area (Å²) in [6.07, 6.45) is 3.53. The van der Waals surface area contributed by atoms with Gasteiger partial charge in [-0.25, -0.2) is 8.78 Å². The fraction of sp³-hybridized carbons (Fsp3) is 0.533. The fourth-order valence-electron chi connectivity index (χ4n) is 3.03. The van der Waals surface area contributed by atoms with Crippen LogP contribution in [0, 0.1) is 17.6 Å². The van der Waals surface area contributed by atoms with Gasteiger partial charge in [-0.1, -0.05) is 25.8 Å². The number of hydrogen-bond acceptors (Lipinski definition) is 2. The molecule has 0 bridgehead atoms. The van der Waals surface area contributed by atoms with Crippen LogP contribution in [0.15, 0.2) is 18.2 Å². The zero-order valence-electron chi connectivity index (χ0n) is 11.6. The van der Waals surface area contributed by atoms with Crippen LogP contribution < -0.4 is 11.1 Å². The molecule has 2 atom stereocenters. The summed E-state index contributed by atoms with van der Waals surface area (Å²) in [5.74, 6) is -1.98. The fourth-order valence-corrected chi connectivity index (χ4v) is 3.03. The van der Waals surface area contributed by atoms with Crippen molar-refractivity contribution in [1.29, 1.82) is 0 Å². The molecule has 3 nitrogen and oxygen atoms in total. The van der Waals surface area contributed by atoms with Gasteiger partial charge in [-0.15, -0.1) is 0 Å². The molecule has 5 heteroatoms. The minimum absolute atomic E-state index is 0.277. The van der Waals surface area contributed by atoms with Crippen molar-refractivity contribution in [3.63, 3.8) is 0 Å². The lowest BCUT2D eigenvalue weighted by Gasteiger charge is -2.40. The second-order valence-corrected chi connectivity index (χ2v) is 5.74. The topological polar surface area (TPSA) is 55.1 Å². The number of halogens is 2. The predicted molar refractivity (Wildman–Crippen MR) is 73.2 cm³/mol. The Hall–Kier alpha value is -1.49. The third kappa shape index (κ3) is 2.98. The average molecular weight is 282 g/mol. The number of benzene rings is 1. The van der Waals surface area contributed by atoms with Crippen LogP contribution >= 0.6 is 0 Å². The molecular formula is C15H20F2N2O. The maximum Gasteiger partial charge on any atom is 0.257 e. The van der Waals surface area contributed by atoms with Crippen LogP contribution in [0.25, 0.3) is 0 Å². The maximum absolute atomic E-state index is 13.6. The Morgan fingerprint density at radius 3 is 2.65 bits per heavy atom. The summed E-state index contributed by atoms with van der Waals surface area (Å²) < 4.78 is 27.3. The zero-order chi connectivity index (χ0) is 14.8. The van der Waals surface area contributed by atoms with Crippen LogP contribution in [-0.2, 0) is 0 Å². The largest absolute Gasteiger partial charge is 0.345 e. The molecule has 1 aromatic rings. The second-order valence-electron chi connectivity index (χ2n) is 5.74. The van der Waals surface area contributed by atoms with Gasteiger partial charge in [0, 0.05) is 6.54 Å². The average Bonchev–Trinajstić information content (AvgIpc) is 2.38. The molecule has 1 amide bonds. The molecule has 0 spiro atoms. The van der Waals surface area contributed by atoms with E-state index in [0.29, 0.717) is 5.92 Å². The Labute approximate surface area is 117 Å². The van der Waals surface area contributed by atoms with Crippen molar-refractivity contribution in [3.8, 4) is 0 Å². The Morgan fingerprint density at radius 1 is 1.45 bits per heavy atom. The van der Waals surface area contributed by atoms with E-state index in [0.717, 1.165) is 37.8 Å². The van der Waals surface area contributed by atoms with Crippen molar-refractivity contribution in [2.45, 2.75) is 38.1 Å². The summed E-state index contributed by atoms with van der Waals surface area (Å²) in [5, 5.41) is 2.77. The van der Waals surface area contributed by atoms with Crippen LogP contribution in [0.5, 0.6) is 0 Å². The molecule has 1 fully saturated rings. The molecule has 110 valence electrons. The number of nitrogens with two attached hydrogens (primary N) is 1. The second kappa shape index (κ2) is 5.87. The van der Waals surface area contributed by atoms with Crippen LogP contribution in [-0.4, -0.2) is 18.0 Å². The van der Waals surface area contributed by atoms with Gasteiger partial charge in [-0.2, -0.15) is 0 Å². The summed E-state index contributed by atoms with van der Waals surface area (Å²) in [6, 6.07) is 3.40. The van der Waals surface area contributed by atoms with Gasteiger partial charge in [0.15, 0.2) is 0 Å². The third-order valence-corrected chi connectivity index (χ3v) is 4.05. The quantitative estimate of drug-likeness (QED) is 0.895. The number of amides is 1. The van der Waals surface area contributed by atoms with Crippen LogP contribution in [0.2, 0.25) is 0 Å². The van der Waals surface area contributed by atoms with Gasteiger partial charge in [-0.05, 0) is 30.9 Å². The Bertz CT molecular complexity index is 486. The van der Waals surface area contributed by atoms with Crippen molar-refractivity contribution < 1.29 is 13.6 Å². The molecule has 1 aromatic carbocycles. The molecule has 0 aromatic heterocycles. The van der Waals surface area contributed by atoms with Crippen molar-refractivity contribution in [2.24, 2.45) is 11.7 Å². The van der Waals surface area contributed by atoms with E-state index in [1.165, 1.54) is 6.07 Å². The molecule has 0 radical (unpaired) electrons. The summed E-state index contributed by atoms with van der Waals surface area (Å²) in [7, 11) is 0. The normalized spacial score (nSPS) is 26.3. The van der Waals surface area contributed by atoms with E-state index in [9.17, 15) is 13.6 Å². The van der Waals surface area contributed by atoms with E-state index in [1.54, 1.807) is 0 Å². The van der Waals surface area contributed by atoms with Crippen molar-refractivity contribution >= 4 is 5.91 Å². The molecule has 0 aliphatic heterocycles.